The van der Waals surface area contributed by atoms with Crippen LogP contribution in [0.3, 0.4) is 0 Å². The number of carbonyl (C=O) groups excluding carboxylic acids is 2. The van der Waals surface area contributed by atoms with Gasteiger partial charge in [-0.05, 0) is 43.7 Å². The summed E-state index contributed by atoms with van der Waals surface area (Å²) in [6.45, 7) is 3.52. The van der Waals surface area contributed by atoms with Crippen molar-refractivity contribution in [3.8, 4) is 0 Å². The SMILES string of the molecule is CC(=O)c1ccc(CNC(=O)Cc2cccc(F)c2)nc1C. The fourth-order valence-electron chi connectivity index (χ4n) is 2.17. The molecule has 2 rings (SSSR count). The quantitative estimate of drug-likeness (QED) is 0.863. The van der Waals surface area contributed by atoms with Gasteiger partial charge in [0.05, 0.1) is 18.7 Å². The number of ketones is 1. The first-order chi connectivity index (χ1) is 10.5. The number of aryl methyl sites for hydroxylation is 1. The monoisotopic (exact) mass is 300 g/mol. The number of hydrogen-bond donors (Lipinski definition) is 1. The first kappa shape index (κ1) is 15.8. The van der Waals surface area contributed by atoms with E-state index in [4.69, 9.17) is 0 Å². The number of pyridine rings is 1. The summed E-state index contributed by atoms with van der Waals surface area (Å²) in [7, 11) is 0. The van der Waals surface area contributed by atoms with Crippen LogP contribution < -0.4 is 5.32 Å². The number of aromatic nitrogens is 1. The number of Topliss-reactive ketones (excluding diaryl/α,β-unsaturated/α-hetero) is 1. The molecule has 0 atom stereocenters. The highest BCUT2D eigenvalue weighted by Crippen LogP contribution is 2.08. The lowest BCUT2D eigenvalue weighted by molar-refractivity contribution is -0.120. The highest BCUT2D eigenvalue weighted by Gasteiger charge is 2.08. The number of carbonyl (C=O) groups is 2. The number of hydrogen-bond acceptors (Lipinski definition) is 3. The molecule has 1 amide bonds. The van der Waals surface area contributed by atoms with Gasteiger partial charge in [0.1, 0.15) is 5.82 Å². The van der Waals surface area contributed by atoms with Crippen molar-refractivity contribution in [1.82, 2.24) is 10.3 Å². The summed E-state index contributed by atoms with van der Waals surface area (Å²) in [6.07, 6.45) is 0.113. The molecule has 0 saturated heterocycles. The second kappa shape index (κ2) is 6.93. The summed E-state index contributed by atoms with van der Waals surface area (Å²) in [4.78, 5) is 27.5. The maximum absolute atomic E-state index is 13.0. The molecule has 114 valence electrons. The first-order valence-corrected chi connectivity index (χ1v) is 6.94. The van der Waals surface area contributed by atoms with Gasteiger partial charge < -0.3 is 5.32 Å². The lowest BCUT2D eigenvalue weighted by Crippen LogP contribution is -2.25. The Balaban J connectivity index is 1.94. The average Bonchev–Trinajstić information content (AvgIpc) is 2.45. The largest absolute Gasteiger partial charge is 0.350 e. The smallest absolute Gasteiger partial charge is 0.224 e. The van der Waals surface area contributed by atoms with E-state index in [1.165, 1.54) is 19.1 Å². The zero-order valence-corrected chi connectivity index (χ0v) is 12.5. The Kier molecular flexibility index (Phi) is 4.99. The van der Waals surface area contributed by atoms with E-state index >= 15 is 0 Å². The molecule has 1 heterocycles. The molecule has 2 aromatic rings. The number of amides is 1. The predicted molar refractivity (Wildman–Crippen MR) is 80.9 cm³/mol. The molecule has 1 N–H and O–H groups in total. The molecule has 0 aliphatic carbocycles. The fourth-order valence-corrected chi connectivity index (χ4v) is 2.17. The third-order valence-electron chi connectivity index (χ3n) is 3.24. The lowest BCUT2D eigenvalue weighted by atomic mass is 10.1. The molecule has 0 bridgehead atoms. The third-order valence-corrected chi connectivity index (χ3v) is 3.24. The highest BCUT2D eigenvalue weighted by atomic mass is 19.1. The van der Waals surface area contributed by atoms with Crippen LogP contribution in [0.2, 0.25) is 0 Å². The van der Waals surface area contributed by atoms with E-state index in [0.29, 0.717) is 22.5 Å². The minimum atomic E-state index is -0.359. The van der Waals surface area contributed by atoms with E-state index in [1.807, 2.05) is 0 Å². The van der Waals surface area contributed by atoms with Gasteiger partial charge in [-0.3, -0.25) is 14.6 Å². The molecule has 5 heteroatoms. The van der Waals surface area contributed by atoms with Gasteiger partial charge in [-0.15, -0.1) is 0 Å². The molecule has 1 aromatic heterocycles. The van der Waals surface area contributed by atoms with Gasteiger partial charge >= 0.3 is 0 Å². The molecule has 1 aromatic carbocycles. The van der Waals surface area contributed by atoms with Gasteiger partial charge in [-0.25, -0.2) is 4.39 Å². The van der Waals surface area contributed by atoms with E-state index in [2.05, 4.69) is 10.3 Å². The Morgan fingerprint density at radius 2 is 2.00 bits per heavy atom. The Morgan fingerprint density at radius 1 is 1.23 bits per heavy atom. The van der Waals surface area contributed by atoms with Gasteiger partial charge in [0.15, 0.2) is 5.78 Å². The normalized spacial score (nSPS) is 10.3. The van der Waals surface area contributed by atoms with Crippen molar-refractivity contribution in [1.29, 1.82) is 0 Å². The predicted octanol–water partition coefficient (Wildman–Crippen LogP) is 2.59. The molecule has 0 aliphatic heterocycles. The van der Waals surface area contributed by atoms with Gasteiger partial charge in [0, 0.05) is 11.3 Å². The van der Waals surface area contributed by atoms with Gasteiger partial charge in [-0.1, -0.05) is 12.1 Å². The van der Waals surface area contributed by atoms with E-state index in [0.717, 1.165) is 0 Å². The van der Waals surface area contributed by atoms with Crippen molar-refractivity contribution in [2.45, 2.75) is 26.8 Å². The second-order valence-electron chi connectivity index (χ2n) is 5.08. The minimum absolute atomic E-state index is 0.0355. The molecular weight excluding hydrogens is 283 g/mol. The molecule has 0 spiro atoms. The van der Waals surface area contributed by atoms with Crippen molar-refractivity contribution in [2.75, 3.05) is 0 Å². The summed E-state index contributed by atoms with van der Waals surface area (Å²) in [5.74, 6) is -0.602. The highest BCUT2D eigenvalue weighted by molar-refractivity contribution is 5.95. The maximum Gasteiger partial charge on any atom is 0.224 e. The Labute approximate surface area is 128 Å². The molecule has 0 fully saturated rings. The molecule has 0 radical (unpaired) electrons. The summed E-state index contributed by atoms with van der Waals surface area (Å²) in [6, 6.07) is 9.37. The number of nitrogens with zero attached hydrogens (tertiary/aromatic N) is 1. The number of nitrogens with one attached hydrogen (secondary N) is 1. The van der Waals surface area contributed by atoms with Gasteiger partial charge in [0.25, 0.3) is 0 Å². The van der Waals surface area contributed by atoms with E-state index in [1.54, 1.807) is 31.2 Å². The topological polar surface area (TPSA) is 59.1 Å². The minimum Gasteiger partial charge on any atom is -0.350 e. The lowest BCUT2D eigenvalue weighted by Gasteiger charge is -2.07. The van der Waals surface area contributed by atoms with E-state index in [9.17, 15) is 14.0 Å². The van der Waals surface area contributed by atoms with Crippen molar-refractivity contribution in [2.24, 2.45) is 0 Å². The number of halogens is 1. The molecule has 0 aliphatic rings. The van der Waals surface area contributed by atoms with Crippen LogP contribution in [0.15, 0.2) is 36.4 Å². The number of benzene rings is 1. The van der Waals surface area contributed by atoms with Crippen molar-refractivity contribution < 1.29 is 14.0 Å². The zero-order chi connectivity index (χ0) is 16.1. The van der Waals surface area contributed by atoms with Crippen LogP contribution >= 0.6 is 0 Å². The average molecular weight is 300 g/mol. The van der Waals surface area contributed by atoms with Crippen molar-refractivity contribution in [3.63, 3.8) is 0 Å². The van der Waals surface area contributed by atoms with E-state index in [-0.39, 0.29) is 30.5 Å². The zero-order valence-electron chi connectivity index (χ0n) is 12.5. The van der Waals surface area contributed by atoms with Crippen molar-refractivity contribution >= 4 is 11.7 Å². The van der Waals surface area contributed by atoms with Crippen LogP contribution in [-0.4, -0.2) is 16.7 Å². The molecule has 0 unspecified atom stereocenters. The first-order valence-electron chi connectivity index (χ1n) is 6.94. The molecule has 22 heavy (non-hydrogen) atoms. The van der Waals surface area contributed by atoms with Gasteiger partial charge in [-0.2, -0.15) is 0 Å². The Morgan fingerprint density at radius 3 is 2.64 bits per heavy atom. The van der Waals surface area contributed by atoms with Crippen LogP contribution in [0.4, 0.5) is 4.39 Å². The van der Waals surface area contributed by atoms with E-state index < -0.39 is 0 Å². The summed E-state index contributed by atoms with van der Waals surface area (Å²) in [5, 5.41) is 2.73. The van der Waals surface area contributed by atoms with Crippen LogP contribution in [0.5, 0.6) is 0 Å². The van der Waals surface area contributed by atoms with Gasteiger partial charge in [0.2, 0.25) is 5.91 Å². The third kappa shape index (κ3) is 4.22. The van der Waals surface area contributed by atoms with Crippen LogP contribution in [0.25, 0.3) is 0 Å². The fraction of sp³-hybridized carbons (Fsp3) is 0.235. The maximum atomic E-state index is 13.0. The Bertz CT molecular complexity index is 714. The summed E-state index contributed by atoms with van der Waals surface area (Å²) in [5.41, 5.74) is 2.52. The standard InChI is InChI=1S/C17H17FN2O2/c1-11-16(12(2)21)7-6-15(20-11)10-19-17(22)9-13-4-3-5-14(18)8-13/h3-8H,9-10H2,1-2H3,(H,19,22). The summed E-state index contributed by atoms with van der Waals surface area (Å²) < 4.78 is 13.0. The molecule has 4 nitrogen and oxygen atoms in total. The second-order valence-corrected chi connectivity index (χ2v) is 5.08. The summed E-state index contributed by atoms with van der Waals surface area (Å²) >= 11 is 0. The van der Waals surface area contributed by atoms with Crippen LogP contribution in [0.1, 0.15) is 34.2 Å². The molecular formula is C17H17FN2O2. The molecule has 0 saturated carbocycles. The van der Waals surface area contributed by atoms with Crippen molar-refractivity contribution in [3.05, 3.63) is 64.7 Å². The van der Waals surface area contributed by atoms with Crippen LogP contribution in [-0.2, 0) is 17.8 Å². The number of rotatable bonds is 5. The Hall–Kier alpha value is -2.56. The van der Waals surface area contributed by atoms with Crippen LogP contribution in [0, 0.1) is 12.7 Å².